The van der Waals surface area contributed by atoms with Gasteiger partial charge < -0.3 is 89.7 Å². The average molecular weight is 959 g/mol. The van der Waals surface area contributed by atoms with E-state index in [-0.39, 0.29) is 47.2 Å². The lowest BCUT2D eigenvalue weighted by molar-refractivity contribution is -0.361. The third kappa shape index (κ3) is 8.10. The summed E-state index contributed by atoms with van der Waals surface area (Å²) in [5, 5.41) is 129. The van der Waals surface area contributed by atoms with Gasteiger partial charge in [0.2, 0.25) is 6.29 Å². The van der Waals surface area contributed by atoms with Gasteiger partial charge in [-0.3, -0.25) is 4.79 Å². The molecule has 384 valence electrons. The number of aliphatic hydroxyl groups is 12. The van der Waals surface area contributed by atoms with Gasteiger partial charge in [-0.15, -0.1) is 0 Å². The fraction of sp³-hybridized carbons (Fsp3) is 0.938. The number of allylic oxidation sites excluding steroid dienone is 2. The summed E-state index contributed by atoms with van der Waals surface area (Å²) in [5.41, 5.74) is -1.67. The largest absolute Gasteiger partial charge is 0.432 e. The number of esters is 1. The fourth-order valence-electron chi connectivity index (χ4n) is 14.9. The summed E-state index contributed by atoms with van der Waals surface area (Å²) in [5.74, 6) is -0.587. The van der Waals surface area contributed by atoms with Crippen molar-refractivity contribution in [1.29, 1.82) is 0 Å². The fourth-order valence-corrected chi connectivity index (χ4v) is 14.9. The smallest absolute Gasteiger partial charge is 0.315 e. The van der Waals surface area contributed by atoms with Crippen LogP contribution in [0.1, 0.15) is 106 Å². The summed E-state index contributed by atoms with van der Waals surface area (Å²) in [6, 6.07) is 0. The lowest BCUT2D eigenvalue weighted by atomic mass is 9.33. The molecule has 0 aromatic carbocycles. The zero-order valence-electron chi connectivity index (χ0n) is 39.7. The van der Waals surface area contributed by atoms with Gasteiger partial charge in [-0.05, 0) is 111 Å². The normalized spacial score (nSPS) is 55.6. The van der Waals surface area contributed by atoms with Gasteiger partial charge in [0, 0.05) is 12.0 Å². The second kappa shape index (κ2) is 18.5. The van der Waals surface area contributed by atoms with Crippen molar-refractivity contribution in [3.63, 3.8) is 0 Å². The quantitative estimate of drug-likeness (QED) is 0.0934. The minimum absolute atomic E-state index is 0.0772. The standard InChI is InChI=1S/C48H78O19/c1-22-30(53)32(55)35(58)40(63-22)66-38-25(18-49)64-39(37(60)34(38)57)62-19-26-31(54)33(56)36(59)41(65-26)67-42(61)48-15-13-43(2,20-50)17-24(48)23-7-8-28-44(3)11-10-29(52)45(4,21-51)27(44)9-12-47(28,6)46(23,5)14-16-48/h7,22,24-41,49-60H,8-21H2,1-6H3/t22-,24-,25+,26+,27+,28+,29-,30-,31+,32+,33-,34+,35+,36+,37+,38+,39+,40-,41-,43+,44-,45-,46+,47+,48-/m0/s1. The van der Waals surface area contributed by atoms with E-state index in [1.807, 2.05) is 13.8 Å². The van der Waals surface area contributed by atoms with Crippen LogP contribution in [0.15, 0.2) is 11.6 Å². The molecule has 3 saturated heterocycles. The van der Waals surface area contributed by atoms with E-state index in [0.29, 0.717) is 38.5 Å². The molecular weight excluding hydrogens is 881 g/mol. The van der Waals surface area contributed by atoms with Gasteiger partial charge in [0.25, 0.3) is 0 Å². The Balaban J connectivity index is 0.986. The van der Waals surface area contributed by atoms with E-state index < -0.39 is 134 Å². The van der Waals surface area contributed by atoms with E-state index in [2.05, 4.69) is 26.8 Å². The highest BCUT2D eigenvalue weighted by atomic mass is 16.8. The first-order valence-electron chi connectivity index (χ1n) is 24.5. The van der Waals surface area contributed by atoms with Crippen LogP contribution in [0.3, 0.4) is 0 Å². The van der Waals surface area contributed by atoms with Crippen molar-refractivity contribution in [2.24, 2.45) is 50.2 Å². The molecule has 4 saturated carbocycles. The van der Waals surface area contributed by atoms with Crippen LogP contribution in [0.4, 0.5) is 0 Å². The van der Waals surface area contributed by atoms with Crippen LogP contribution in [-0.2, 0) is 33.2 Å². The topological polar surface area (TPSA) is 315 Å². The highest BCUT2D eigenvalue weighted by molar-refractivity contribution is 5.79. The van der Waals surface area contributed by atoms with Gasteiger partial charge >= 0.3 is 5.97 Å². The molecule has 19 nitrogen and oxygen atoms in total. The van der Waals surface area contributed by atoms with E-state index in [0.717, 1.165) is 25.7 Å². The number of ether oxygens (including phenoxy) is 6. The molecule has 19 heteroatoms. The third-order valence-electron chi connectivity index (χ3n) is 19.6. The van der Waals surface area contributed by atoms with Gasteiger partial charge in [-0.2, -0.15) is 0 Å². The summed E-state index contributed by atoms with van der Waals surface area (Å²) in [7, 11) is 0. The minimum Gasteiger partial charge on any atom is -0.432 e. The summed E-state index contributed by atoms with van der Waals surface area (Å²) in [6.45, 7) is 11.0. The molecule has 0 aromatic rings. The maximum absolute atomic E-state index is 15.0. The first-order valence-corrected chi connectivity index (χ1v) is 24.5. The molecular formula is C48H78O19. The molecule has 5 aliphatic carbocycles. The SMILES string of the molecule is C[C@@H]1O[C@@H](O[C@H]2[C@H](O)[C@@H](O)[C@H](OC[C@H]3O[C@@H](OC(=O)[C@]45CC[C@@](C)(CO)C[C@H]4C4=CC[C@@H]6[C@@]7(C)CC[C@H](O)[C@@](C)(CO)[C@@H]7CC[C@@]6(C)[C@]4(C)CC5)[C@H](O)[C@@H](O)[C@@H]3O)O[C@@H]2CO)[C@H](O)[C@H](O)[C@H]1O. The van der Waals surface area contributed by atoms with Crippen molar-refractivity contribution in [3.05, 3.63) is 11.6 Å². The van der Waals surface area contributed by atoms with Gasteiger partial charge in [0.05, 0.1) is 37.4 Å². The first kappa shape index (κ1) is 51.9. The van der Waals surface area contributed by atoms with E-state index in [9.17, 15) is 66.1 Å². The number of aliphatic hydroxyl groups excluding tert-OH is 12. The van der Waals surface area contributed by atoms with Gasteiger partial charge in [0.1, 0.15) is 67.1 Å². The molecule has 0 unspecified atom stereocenters. The monoisotopic (exact) mass is 959 g/mol. The number of rotatable bonds is 10. The minimum atomic E-state index is -1.88. The number of fused-ring (bicyclic) bond motifs is 7. The van der Waals surface area contributed by atoms with Crippen molar-refractivity contribution in [2.45, 2.75) is 204 Å². The second-order valence-electron chi connectivity index (χ2n) is 23.1. The van der Waals surface area contributed by atoms with E-state index in [1.54, 1.807) is 0 Å². The molecule has 0 bridgehead atoms. The van der Waals surface area contributed by atoms with Crippen LogP contribution in [0.2, 0.25) is 0 Å². The van der Waals surface area contributed by atoms with Crippen LogP contribution in [0.5, 0.6) is 0 Å². The van der Waals surface area contributed by atoms with Crippen molar-refractivity contribution < 1.29 is 94.5 Å². The predicted molar refractivity (Wildman–Crippen MR) is 232 cm³/mol. The highest BCUT2D eigenvalue weighted by Crippen LogP contribution is 2.76. The molecule has 25 atom stereocenters. The molecule has 8 aliphatic rings. The lowest BCUT2D eigenvalue weighted by Gasteiger charge is -2.71. The van der Waals surface area contributed by atoms with Crippen LogP contribution in [0, 0.1) is 50.2 Å². The Hall–Kier alpha value is -1.47. The number of hydrogen-bond donors (Lipinski definition) is 12. The maximum Gasteiger partial charge on any atom is 0.315 e. The molecule has 0 amide bonds. The molecule has 12 N–H and O–H groups in total. The molecule has 7 fully saturated rings. The van der Waals surface area contributed by atoms with Crippen molar-refractivity contribution in [1.82, 2.24) is 0 Å². The van der Waals surface area contributed by atoms with Gasteiger partial charge in [-0.25, -0.2) is 0 Å². The Kier molecular flexibility index (Phi) is 14.4. The molecule has 0 spiro atoms. The summed E-state index contributed by atoms with van der Waals surface area (Å²) < 4.78 is 34.7. The third-order valence-corrected chi connectivity index (χ3v) is 19.6. The van der Waals surface area contributed by atoms with Crippen LogP contribution in [-0.4, -0.2) is 192 Å². The van der Waals surface area contributed by atoms with Crippen molar-refractivity contribution >= 4 is 5.97 Å². The van der Waals surface area contributed by atoms with Crippen LogP contribution >= 0.6 is 0 Å². The Morgan fingerprint density at radius 1 is 0.672 bits per heavy atom. The van der Waals surface area contributed by atoms with Crippen molar-refractivity contribution in [3.8, 4) is 0 Å². The molecule has 3 aliphatic heterocycles. The number of carbonyl (C=O) groups is 1. The Bertz CT molecular complexity index is 1820. The molecule has 67 heavy (non-hydrogen) atoms. The average Bonchev–Trinajstić information content (AvgIpc) is 3.30. The highest BCUT2D eigenvalue weighted by Gasteiger charge is 2.70. The van der Waals surface area contributed by atoms with E-state index in [4.69, 9.17) is 28.4 Å². The number of carbonyl (C=O) groups excluding carboxylic acids is 1. The van der Waals surface area contributed by atoms with Crippen LogP contribution < -0.4 is 0 Å². The molecule has 3 heterocycles. The second-order valence-corrected chi connectivity index (χ2v) is 23.1. The Labute approximate surface area is 392 Å². The van der Waals surface area contributed by atoms with Gasteiger partial charge in [-0.1, -0.05) is 46.3 Å². The predicted octanol–water partition coefficient (Wildman–Crippen LogP) is -0.887. The Morgan fingerprint density at radius 3 is 1.99 bits per heavy atom. The van der Waals surface area contributed by atoms with Crippen molar-refractivity contribution in [2.75, 3.05) is 26.4 Å². The zero-order valence-corrected chi connectivity index (χ0v) is 39.7. The Morgan fingerprint density at radius 2 is 1.31 bits per heavy atom. The molecule has 0 aromatic heterocycles. The lowest BCUT2D eigenvalue weighted by Crippen LogP contribution is -2.66. The summed E-state index contributed by atoms with van der Waals surface area (Å²) >= 11 is 0. The maximum atomic E-state index is 15.0. The van der Waals surface area contributed by atoms with Gasteiger partial charge in [0.15, 0.2) is 12.6 Å². The number of hydrogen-bond acceptors (Lipinski definition) is 19. The van der Waals surface area contributed by atoms with Crippen LogP contribution in [0.25, 0.3) is 0 Å². The summed E-state index contributed by atoms with van der Waals surface area (Å²) in [6.07, 6.45) is -16.2. The zero-order chi connectivity index (χ0) is 49.0. The first-order chi connectivity index (χ1) is 31.4. The van der Waals surface area contributed by atoms with E-state index in [1.165, 1.54) is 12.5 Å². The van der Waals surface area contributed by atoms with E-state index >= 15 is 0 Å². The molecule has 0 radical (unpaired) electrons. The summed E-state index contributed by atoms with van der Waals surface area (Å²) in [4.78, 5) is 15.0. The molecule has 8 rings (SSSR count).